The fourth-order valence-corrected chi connectivity index (χ4v) is 1.21. The third-order valence-corrected chi connectivity index (χ3v) is 1.75. The van der Waals surface area contributed by atoms with E-state index in [1.165, 1.54) is 5.56 Å². The predicted octanol–water partition coefficient (Wildman–Crippen LogP) is 0.621. The van der Waals surface area contributed by atoms with Gasteiger partial charge in [-0.3, -0.25) is 0 Å². The lowest BCUT2D eigenvalue weighted by atomic mass is 10.3. The second-order valence-electron chi connectivity index (χ2n) is 2.37. The zero-order valence-electron chi connectivity index (χ0n) is 5.00. The van der Waals surface area contributed by atoms with Crippen LogP contribution in [0.15, 0.2) is 10.8 Å². The Kier molecular flexibility index (Phi) is 0.873. The smallest absolute Gasteiger partial charge is 0.127 e. The number of nitrogens with two attached hydrogens (primary N) is 1. The van der Waals surface area contributed by atoms with E-state index in [4.69, 9.17) is 10.3 Å². The van der Waals surface area contributed by atoms with E-state index in [9.17, 15) is 0 Å². The van der Waals surface area contributed by atoms with Crippen molar-refractivity contribution in [3.63, 3.8) is 0 Å². The average Bonchev–Trinajstić information content (AvgIpc) is 2.35. The van der Waals surface area contributed by atoms with E-state index in [0.29, 0.717) is 0 Å². The molecule has 0 bridgehead atoms. The van der Waals surface area contributed by atoms with Gasteiger partial charge in [-0.05, 0) is 12.8 Å². The molecule has 1 aliphatic rings. The number of fused-ring (bicyclic) bond motifs is 1. The van der Waals surface area contributed by atoms with E-state index < -0.39 is 0 Å². The second-order valence-corrected chi connectivity index (χ2v) is 2.37. The van der Waals surface area contributed by atoms with Crippen molar-refractivity contribution in [1.82, 2.24) is 5.16 Å². The van der Waals surface area contributed by atoms with Gasteiger partial charge in [0.2, 0.25) is 0 Å². The monoisotopic (exact) mass is 124 g/mol. The van der Waals surface area contributed by atoms with Gasteiger partial charge in [-0.25, -0.2) is 0 Å². The zero-order valence-corrected chi connectivity index (χ0v) is 5.00. The Labute approximate surface area is 52.8 Å². The van der Waals surface area contributed by atoms with Crippen LogP contribution in [0.5, 0.6) is 0 Å². The Balaban J connectivity index is 2.49. The maximum absolute atomic E-state index is 5.67. The van der Waals surface area contributed by atoms with Gasteiger partial charge in [-0.2, -0.15) is 0 Å². The van der Waals surface area contributed by atoms with Crippen LogP contribution < -0.4 is 5.73 Å². The highest BCUT2D eigenvalue weighted by Gasteiger charge is 2.22. The van der Waals surface area contributed by atoms with Gasteiger partial charge in [0.15, 0.2) is 0 Å². The van der Waals surface area contributed by atoms with Crippen LogP contribution in [0, 0.1) is 0 Å². The summed E-state index contributed by atoms with van der Waals surface area (Å²) in [4.78, 5) is 0. The van der Waals surface area contributed by atoms with Crippen LogP contribution in [0.2, 0.25) is 0 Å². The Bertz CT molecular complexity index is 219. The standard InChI is InChI=1S/C6H8N2O/c7-5-2-1-4-3-9-8-6(4)5/h3,5H,1-2,7H2. The summed E-state index contributed by atoms with van der Waals surface area (Å²) in [6.07, 6.45) is 3.73. The lowest BCUT2D eigenvalue weighted by molar-refractivity contribution is 0.401. The van der Waals surface area contributed by atoms with E-state index in [2.05, 4.69) is 5.16 Å². The van der Waals surface area contributed by atoms with Crippen molar-refractivity contribution in [2.24, 2.45) is 5.73 Å². The fraction of sp³-hybridized carbons (Fsp3) is 0.500. The Morgan fingerprint density at radius 3 is 3.44 bits per heavy atom. The van der Waals surface area contributed by atoms with E-state index in [1.807, 2.05) is 0 Å². The molecular weight excluding hydrogens is 116 g/mol. The number of hydrogen-bond acceptors (Lipinski definition) is 3. The molecule has 0 radical (unpaired) electrons. The molecule has 0 saturated heterocycles. The first kappa shape index (κ1) is 4.99. The van der Waals surface area contributed by atoms with Crippen LogP contribution in [-0.2, 0) is 6.42 Å². The van der Waals surface area contributed by atoms with Crippen LogP contribution in [0.4, 0.5) is 0 Å². The molecule has 3 heteroatoms. The molecule has 1 aliphatic carbocycles. The average molecular weight is 124 g/mol. The molecule has 0 fully saturated rings. The minimum Gasteiger partial charge on any atom is -0.364 e. The summed E-state index contributed by atoms with van der Waals surface area (Å²) in [6, 6.07) is 0.124. The van der Waals surface area contributed by atoms with Crippen molar-refractivity contribution >= 4 is 0 Å². The first-order valence-corrected chi connectivity index (χ1v) is 3.06. The molecule has 0 aromatic carbocycles. The molecule has 1 heterocycles. The van der Waals surface area contributed by atoms with Gasteiger partial charge < -0.3 is 10.3 Å². The largest absolute Gasteiger partial charge is 0.364 e. The molecule has 2 N–H and O–H groups in total. The topological polar surface area (TPSA) is 52.0 Å². The first-order valence-electron chi connectivity index (χ1n) is 3.06. The molecule has 1 atom stereocenters. The van der Waals surface area contributed by atoms with Crippen molar-refractivity contribution in [3.05, 3.63) is 17.5 Å². The molecule has 0 aliphatic heterocycles. The summed E-state index contributed by atoms with van der Waals surface area (Å²) in [5.41, 5.74) is 7.80. The molecule has 0 amide bonds. The normalized spacial score (nSPS) is 24.3. The summed E-state index contributed by atoms with van der Waals surface area (Å²) in [6.45, 7) is 0. The van der Waals surface area contributed by atoms with Gasteiger partial charge in [0, 0.05) is 5.56 Å². The van der Waals surface area contributed by atoms with Crippen molar-refractivity contribution in [2.45, 2.75) is 18.9 Å². The summed E-state index contributed by atoms with van der Waals surface area (Å²) in [5.74, 6) is 0. The van der Waals surface area contributed by atoms with Crippen molar-refractivity contribution in [2.75, 3.05) is 0 Å². The van der Waals surface area contributed by atoms with Crippen LogP contribution in [0.25, 0.3) is 0 Å². The fourth-order valence-electron chi connectivity index (χ4n) is 1.21. The Morgan fingerprint density at radius 2 is 2.67 bits per heavy atom. The van der Waals surface area contributed by atoms with E-state index in [0.717, 1.165) is 18.5 Å². The molecule has 1 aromatic heterocycles. The van der Waals surface area contributed by atoms with E-state index >= 15 is 0 Å². The minimum atomic E-state index is 0.124. The summed E-state index contributed by atoms with van der Waals surface area (Å²) in [5, 5.41) is 3.78. The first-order chi connectivity index (χ1) is 4.38. The zero-order chi connectivity index (χ0) is 6.27. The van der Waals surface area contributed by atoms with Crippen LogP contribution in [0.1, 0.15) is 23.7 Å². The van der Waals surface area contributed by atoms with Gasteiger partial charge in [-0.15, -0.1) is 0 Å². The Morgan fingerprint density at radius 1 is 1.78 bits per heavy atom. The molecule has 1 aromatic rings. The molecular formula is C6H8N2O. The number of rotatable bonds is 0. The summed E-state index contributed by atoms with van der Waals surface area (Å²) < 4.78 is 4.73. The number of hydrogen-bond donors (Lipinski definition) is 1. The van der Waals surface area contributed by atoms with Gasteiger partial charge in [-0.1, -0.05) is 5.16 Å². The van der Waals surface area contributed by atoms with E-state index in [-0.39, 0.29) is 6.04 Å². The van der Waals surface area contributed by atoms with Gasteiger partial charge in [0.1, 0.15) is 12.0 Å². The summed E-state index contributed by atoms with van der Waals surface area (Å²) >= 11 is 0. The molecule has 0 spiro atoms. The van der Waals surface area contributed by atoms with Crippen molar-refractivity contribution in [1.29, 1.82) is 0 Å². The van der Waals surface area contributed by atoms with Gasteiger partial charge in [0.05, 0.1) is 6.04 Å². The minimum absolute atomic E-state index is 0.124. The molecule has 2 rings (SSSR count). The maximum atomic E-state index is 5.67. The predicted molar refractivity (Wildman–Crippen MR) is 31.8 cm³/mol. The highest BCUT2D eigenvalue weighted by molar-refractivity contribution is 5.23. The van der Waals surface area contributed by atoms with Crippen LogP contribution in [0.3, 0.4) is 0 Å². The molecule has 3 nitrogen and oxygen atoms in total. The summed E-state index contributed by atoms with van der Waals surface area (Å²) in [7, 11) is 0. The third-order valence-electron chi connectivity index (χ3n) is 1.75. The molecule has 0 saturated carbocycles. The number of aromatic nitrogens is 1. The molecule has 48 valence electrons. The SMILES string of the molecule is NC1CCc2conc21. The lowest BCUT2D eigenvalue weighted by Gasteiger charge is -1.94. The van der Waals surface area contributed by atoms with Gasteiger partial charge >= 0.3 is 0 Å². The molecule has 9 heavy (non-hydrogen) atoms. The van der Waals surface area contributed by atoms with E-state index in [1.54, 1.807) is 6.26 Å². The quantitative estimate of drug-likeness (QED) is 0.551. The van der Waals surface area contributed by atoms with Crippen LogP contribution in [-0.4, -0.2) is 5.16 Å². The highest BCUT2D eigenvalue weighted by atomic mass is 16.5. The van der Waals surface area contributed by atoms with Crippen molar-refractivity contribution in [3.8, 4) is 0 Å². The highest BCUT2D eigenvalue weighted by Crippen LogP contribution is 2.26. The number of aryl methyl sites for hydroxylation is 1. The van der Waals surface area contributed by atoms with Gasteiger partial charge in [0.25, 0.3) is 0 Å². The molecule has 1 unspecified atom stereocenters. The third kappa shape index (κ3) is 0.580. The number of nitrogens with zero attached hydrogens (tertiary/aromatic N) is 1. The Hall–Kier alpha value is -0.830. The lowest BCUT2D eigenvalue weighted by Crippen LogP contribution is -2.05. The maximum Gasteiger partial charge on any atom is 0.127 e. The van der Waals surface area contributed by atoms with Crippen molar-refractivity contribution < 1.29 is 4.52 Å². The second kappa shape index (κ2) is 1.57. The van der Waals surface area contributed by atoms with Crippen LogP contribution >= 0.6 is 0 Å².